The van der Waals surface area contributed by atoms with Crippen LogP contribution in [0.5, 0.6) is 0 Å². The molecule has 1 aromatic carbocycles. The van der Waals surface area contributed by atoms with Crippen molar-refractivity contribution in [2.75, 3.05) is 0 Å². The molecule has 1 aliphatic heterocycles. The van der Waals surface area contributed by atoms with E-state index in [4.69, 9.17) is 12.2 Å². The van der Waals surface area contributed by atoms with Gasteiger partial charge in [-0.25, -0.2) is 0 Å². The van der Waals surface area contributed by atoms with Gasteiger partial charge in [-0.05, 0) is 54.5 Å². The second kappa shape index (κ2) is 6.94. The van der Waals surface area contributed by atoms with Crippen molar-refractivity contribution in [2.45, 2.75) is 6.92 Å². The van der Waals surface area contributed by atoms with Crippen LogP contribution in [0.3, 0.4) is 0 Å². The zero-order valence-corrected chi connectivity index (χ0v) is 14.4. The molecule has 0 aliphatic carbocycles. The smallest absolute Gasteiger partial charge is 0.267 e. The molecule has 0 unspecified atom stereocenters. The first-order valence-corrected chi connectivity index (χ1v) is 8.33. The van der Waals surface area contributed by atoms with E-state index in [1.54, 1.807) is 42.7 Å². The van der Waals surface area contributed by atoms with E-state index in [0.717, 1.165) is 27.9 Å². The molecule has 3 rings (SSSR count). The number of nitrogens with zero attached hydrogens (tertiary/aromatic N) is 2. The summed E-state index contributed by atoms with van der Waals surface area (Å²) in [6.45, 7) is 1.84. The van der Waals surface area contributed by atoms with Crippen molar-refractivity contribution in [2.24, 2.45) is 0 Å². The lowest BCUT2D eigenvalue weighted by Crippen LogP contribution is -2.45. The van der Waals surface area contributed by atoms with Gasteiger partial charge in [0.05, 0.1) is 4.91 Å². The van der Waals surface area contributed by atoms with E-state index in [1.807, 2.05) is 19.1 Å². The number of aryl methyl sites for hydroxylation is 1. The molecule has 1 saturated heterocycles. The van der Waals surface area contributed by atoms with Crippen LogP contribution >= 0.6 is 24.0 Å². The third-order valence-corrected chi connectivity index (χ3v) is 4.70. The van der Waals surface area contributed by atoms with E-state index in [1.165, 1.54) is 0 Å². The molecule has 2 heterocycles. The molecule has 24 heavy (non-hydrogen) atoms. The molecule has 0 atom stereocenters. The zero-order valence-electron chi connectivity index (χ0n) is 12.7. The van der Waals surface area contributed by atoms with Crippen molar-refractivity contribution in [3.05, 3.63) is 70.4 Å². The summed E-state index contributed by atoms with van der Waals surface area (Å²) in [6, 6.07) is 10.7. The molecule has 1 N–H and O–H groups in total. The Labute approximate surface area is 148 Å². The molecular formula is C17H13N3O2S2. The number of hydrogen-bond donors (Lipinski definition) is 1. The first kappa shape index (κ1) is 16.4. The van der Waals surface area contributed by atoms with Crippen LogP contribution in [0.1, 0.15) is 21.5 Å². The van der Waals surface area contributed by atoms with E-state index in [2.05, 4.69) is 10.4 Å². The number of rotatable bonds is 3. The van der Waals surface area contributed by atoms with Crippen LogP contribution in [-0.4, -0.2) is 26.1 Å². The molecule has 0 bridgehead atoms. The monoisotopic (exact) mass is 355 g/mol. The molecule has 1 aliphatic rings. The van der Waals surface area contributed by atoms with Crippen LogP contribution < -0.4 is 5.43 Å². The number of hydrogen-bond acceptors (Lipinski definition) is 5. The first-order valence-electron chi connectivity index (χ1n) is 7.11. The van der Waals surface area contributed by atoms with Crippen molar-refractivity contribution in [1.82, 2.24) is 15.4 Å². The fraction of sp³-hybridized carbons (Fsp3) is 0.0588. The average molecular weight is 355 g/mol. The maximum Gasteiger partial charge on any atom is 0.285 e. The lowest BCUT2D eigenvalue weighted by Gasteiger charge is -2.16. The second-order valence-electron chi connectivity index (χ2n) is 5.05. The summed E-state index contributed by atoms with van der Waals surface area (Å²) in [7, 11) is 0. The highest BCUT2D eigenvalue weighted by Crippen LogP contribution is 2.31. The van der Waals surface area contributed by atoms with Gasteiger partial charge in [-0.15, -0.1) is 0 Å². The maximum absolute atomic E-state index is 12.5. The van der Waals surface area contributed by atoms with Crippen molar-refractivity contribution < 1.29 is 9.59 Å². The Morgan fingerprint density at radius 2 is 1.96 bits per heavy atom. The number of thioether (sulfide) groups is 1. The molecule has 0 spiro atoms. The van der Waals surface area contributed by atoms with Crippen LogP contribution in [0.4, 0.5) is 0 Å². The molecule has 5 nitrogen and oxygen atoms in total. The standard InChI is InChI=1S/C17H13N3O2S2/c1-11-4-2-3-5-13(11)15(21)19-20-16(22)14(24-17(20)23)10-12-6-8-18-9-7-12/h2-10H,1H3,(H,19,21)/b14-10+. The number of benzene rings is 1. The summed E-state index contributed by atoms with van der Waals surface area (Å²) in [5.41, 5.74) is 4.76. The first-order chi connectivity index (χ1) is 11.6. The summed E-state index contributed by atoms with van der Waals surface area (Å²) < 4.78 is 0.294. The molecule has 0 radical (unpaired) electrons. The molecule has 1 aromatic heterocycles. The summed E-state index contributed by atoms with van der Waals surface area (Å²) in [5, 5.41) is 1.11. The Hall–Kier alpha value is -2.51. The Morgan fingerprint density at radius 1 is 1.25 bits per heavy atom. The normalized spacial score (nSPS) is 15.9. The number of amides is 2. The lowest BCUT2D eigenvalue weighted by molar-refractivity contribution is -0.123. The summed E-state index contributed by atoms with van der Waals surface area (Å²) in [6.07, 6.45) is 5.01. The molecule has 1 fully saturated rings. The molecular weight excluding hydrogens is 342 g/mol. The number of thiocarbonyl (C=S) groups is 1. The predicted octanol–water partition coefficient (Wildman–Crippen LogP) is 2.94. The minimum absolute atomic E-state index is 0.294. The van der Waals surface area contributed by atoms with Crippen LogP contribution in [-0.2, 0) is 4.79 Å². The summed E-state index contributed by atoms with van der Waals surface area (Å²) >= 11 is 6.36. The summed E-state index contributed by atoms with van der Waals surface area (Å²) in [4.78, 5) is 29.3. The van der Waals surface area contributed by atoms with E-state index >= 15 is 0 Å². The fourth-order valence-electron chi connectivity index (χ4n) is 2.16. The predicted molar refractivity (Wildman–Crippen MR) is 97.9 cm³/mol. The van der Waals surface area contributed by atoms with E-state index in [9.17, 15) is 9.59 Å². The second-order valence-corrected chi connectivity index (χ2v) is 6.73. The number of pyridine rings is 1. The van der Waals surface area contributed by atoms with Crippen LogP contribution in [0, 0.1) is 6.92 Å². The Balaban J connectivity index is 1.79. The van der Waals surface area contributed by atoms with Crippen molar-refractivity contribution >= 4 is 46.2 Å². The van der Waals surface area contributed by atoms with Gasteiger partial charge in [0, 0.05) is 18.0 Å². The Kier molecular flexibility index (Phi) is 4.73. The van der Waals surface area contributed by atoms with Crippen LogP contribution in [0.15, 0.2) is 53.7 Å². The minimum atomic E-state index is -0.366. The van der Waals surface area contributed by atoms with E-state index in [0.29, 0.717) is 14.8 Å². The van der Waals surface area contributed by atoms with Gasteiger partial charge < -0.3 is 0 Å². The number of nitrogens with one attached hydrogen (secondary N) is 1. The molecule has 0 saturated carbocycles. The Bertz CT molecular complexity index is 850. The maximum atomic E-state index is 12.5. The lowest BCUT2D eigenvalue weighted by atomic mass is 10.1. The minimum Gasteiger partial charge on any atom is -0.267 e. The fourth-order valence-corrected chi connectivity index (χ4v) is 3.34. The molecule has 2 aromatic rings. The van der Waals surface area contributed by atoms with E-state index < -0.39 is 0 Å². The number of aromatic nitrogens is 1. The van der Waals surface area contributed by atoms with Crippen molar-refractivity contribution in [3.8, 4) is 0 Å². The van der Waals surface area contributed by atoms with Gasteiger partial charge in [-0.2, -0.15) is 5.01 Å². The number of hydrazine groups is 1. The van der Waals surface area contributed by atoms with Gasteiger partial charge in [0.2, 0.25) is 0 Å². The van der Waals surface area contributed by atoms with E-state index in [-0.39, 0.29) is 11.8 Å². The van der Waals surface area contributed by atoms with Crippen LogP contribution in [0.2, 0.25) is 0 Å². The van der Waals surface area contributed by atoms with Gasteiger partial charge in [0.25, 0.3) is 11.8 Å². The number of carbonyl (C=O) groups excluding carboxylic acids is 2. The van der Waals surface area contributed by atoms with Gasteiger partial charge >= 0.3 is 0 Å². The molecule has 7 heteroatoms. The Morgan fingerprint density at radius 3 is 2.67 bits per heavy atom. The third kappa shape index (κ3) is 3.37. The molecule has 2 amide bonds. The highest BCUT2D eigenvalue weighted by molar-refractivity contribution is 8.26. The quantitative estimate of drug-likeness (QED) is 0.677. The largest absolute Gasteiger partial charge is 0.285 e. The van der Waals surface area contributed by atoms with Crippen molar-refractivity contribution in [1.29, 1.82) is 0 Å². The van der Waals surface area contributed by atoms with Gasteiger partial charge in [-0.3, -0.25) is 20.0 Å². The SMILES string of the molecule is Cc1ccccc1C(=O)NN1C(=O)/C(=C\c2ccncc2)SC1=S. The average Bonchev–Trinajstić information content (AvgIpc) is 2.83. The summed E-state index contributed by atoms with van der Waals surface area (Å²) in [5.74, 6) is -0.710. The zero-order chi connectivity index (χ0) is 17.1. The van der Waals surface area contributed by atoms with Gasteiger partial charge in [0.15, 0.2) is 4.32 Å². The number of carbonyl (C=O) groups is 2. The van der Waals surface area contributed by atoms with Gasteiger partial charge in [-0.1, -0.05) is 30.0 Å². The third-order valence-electron chi connectivity index (χ3n) is 3.40. The van der Waals surface area contributed by atoms with Gasteiger partial charge in [0.1, 0.15) is 0 Å². The van der Waals surface area contributed by atoms with Crippen LogP contribution in [0.25, 0.3) is 6.08 Å². The highest BCUT2D eigenvalue weighted by atomic mass is 32.2. The topological polar surface area (TPSA) is 62.3 Å². The highest BCUT2D eigenvalue weighted by Gasteiger charge is 2.33. The molecule has 120 valence electrons. The van der Waals surface area contributed by atoms with Crippen molar-refractivity contribution in [3.63, 3.8) is 0 Å².